The molecule has 0 aromatic heterocycles. The van der Waals surface area contributed by atoms with Crippen molar-refractivity contribution in [1.82, 2.24) is 10.2 Å². The van der Waals surface area contributed by atoms with Crippen LogP contribution in [-0.2, 0) is 4.79 Å². The van der Waals surface area contributed by atoms with Crippen molar-refractivity contribution in [2.24, 2.45) is 0 Å². The lowest BCUT2D eigenvalue weighted by atomic mass is 10.0. The third-order valence-corrected chi connectivity index (χ3v) is 2.67. The molecule has 2 amide bonds. The Balaban J connectivity index is 4.35. The maximum Gasteiger partial charge on any atom is 0.389 e. The number of amides is 2. The van der Waals surface area contributed by atoms with Crippen LogP contribution in [0.5, 0.6) is 0 Å². The van der Waals surface area contributed by atoms with Crippen molar-refractivity contribution < 1.29 is 27.9 Å². The number of alkyl halides is 3. The van der Waals surface area contributed by atoms with Gasteiger partial charge in [-0.05, 0) is 27.2 Å². The molecule has 0 radical (unpaired) electrons. The van der Waals surface area contributed by atoms with Gasteiger partial charge < -0.3 is 15.3 Å². The molecule has 8 heteroatoms. The molecule has 112 valence electrons. The number of urea groups is 1. The third-order valence-electron chi connectivity index (χ3n) is 2.67. The summed E-state index contributed by atoms with van der Waals surface area (Å²) in [6, 6.07) is -0.683. The van der Waals surface area contributed by atoms with Crippen LogP contribution in [-0.4, -0.2) is 46.8 Å². The number of hydrogen-bond acceptors (Lipinski definition) is 2. The van der Waals surface area contributed by atoms with E-state index in [4.69, 9.17) is 5.11 Å². The van der Waals surface area contributed by atoms with E-state index < -0.39 is 30.1 Å². The molecule has 0 atom stereocenters. The second kappa shape index (κ2) is 6.63. The molecule has 0 aromatic rings. The first-order valence-electron chi connectivity index (χ1n) is 5.88. The smallest absolute Gasteiger partial charge is 0.389 e. The molecule has 5 nitrogen and oxygen atoms in total. The van der Waals surface area contributed by atoms with Crippen molar-refractivity contribution in [3.05, 3.63) is 0 Å². The van der Waals surface area contributed by atoms with Crippen LogP contribution in [0.4, 0.5) is 18.0 Å². The number of halogens is 3. The highest BCUT2D eigenvalue weighted by molar-refractivity contribution is 5.85. The summed E-state index contributed by atoms with van der Waals surface area (Å²) in [6.07, 6.45) is -5.47. The van der Waals surface area contributed by atoms with Crippen LogP contribution in [0.2, 0.25) is 0 Å². The van der Waals surface area contributed by atoms with E-state index in [1.807, 2.05) is 0 Å². The second-order valence-corrected chi connectivity index (χ2v) is 4.56. The van der Waals surface area contributed by atoms with Crippen LogP contribution in [0.15, 0.2) is 0 Å². The zero-order valence-electron chi connectivity index (χ0n) is 11.2. The Hall–Kier alpha value is -1.47. The van der Waals surface area contributed by atoms with E-state index in [-0.39, 0.29) is 19.5 Å². The summed E-state index contributed by atoms with van der Waals surface area (Å²) in [7, 11) is 0. The second-order valence-electron chi connectivity index (χ2n) is 4.56. The van der Waals surface area contributed by atoms with Crippen molar-refractivity contribution in [1.29, 1.82) is 0 Å². The number of nitrogens with one attached hydrogen (secondary N) is 1. The molecule has 2 N–H and O–H groups in total. The van der Waals surface area contributed by atoms with Gasteiger partial charge >= 0.3 is 18.2 Å². The minimum absolute atomic E-state index is 0.143. The molecule has 0 unspecified atom stereocenters. The molecular formula is C11H19F3N2O3. The van der Waals surface area contributed by atoms with Crippen LogP contribution in [0, 0.1) is 0 Å². The van der Waals surface area contributed by atoms with Crippen LogP contribution >= 0.6 is 0 Å². The minimum Gasteiger partial charge on any atom is -0.480 e. The lowest BCUT2D eigenvalue weighted by molar-refractivity contribution is -0.147. The molecule has 0 aliphatic carbocycles. The monoisotopic (exact) mass is 284 g/mol. The van der Waals surface area contributed by atoms with E-state index in [9.17, 15) is 22.8 Å². The number of likely N-dealkylation sites (N-methyl/N-ethyl adjacent to an activating group) is 1. The first kappa shape index (κ1) is 17.5. The minimum atomic E-state index is -4.25. The Labute approximate surface area is 109 Å². The Morgan fingerprint density at radius 3 is 2.16 bits per heavy atom. The molecule has 0 bridgehead atoms. The largest absolute Gasteiger partial charge is 0.480 e. The number of carboxylic acid groups (broad SMARTS) is 1. The van der Waals surface area contributed by atoms with Crippen molar-refractivity contribution in [3.63, 3.8) is 0 Å². The van der Waals surface area contributed by atoms with Gasteiger partial charge in [0.05, 0.1) is 0 Å². The maximum absolute atomic E-state index is 11.9. The van der Waals surface area contributed by atoms with Gasteiger partial charge in [-0.2, -0.15) is 13.2 Å². The zero-order chi connectivity index (χ0) is 15.3. The number of carboxylic acids is 1. The van der Waals surface area contributed by atoms with E-state index in [2.05, 4.69) is 5.32 Å². The molecule has 0 rings (SSSR count). The first-order valence-corrected chi connectivity index (χ1v) is 5.88. The lowest BCUT2D eigenvalue weighted by Crippen LogP contribution is -2.56. The van der Waals surface area contributed by atoms with Crippen LogP contribution in [0.25, 0.3) is 0 Å². The summed E-state index contributed by atoms with van der Waals surface area (Å²) in [5, 5.41) is 11.3. The number of carbonyl (C=O) groups is 2. The van der Waals surface area contributed by atoms with Crippen LogP contribution in [0.1, 0.15) is 33.6 Å². The molecule has 0 aromatic carbocycles. The number of nitrogens with zero attached hydrogens (tertiary/aromatic N) is 1. The molecule has 0 spiro atoms. The highest BCUT2D eigenvalue weighted by atomic mass is 19.4. The van der Waals surface area contributed by atoms with E-state index >= 15 is 0 Å². The van der Waals surface area contributed by atoms with E-state index in [0.717, 1.165) is 4.90 Å². The van der Waals surface area contributed by atoms with Gasteiger partial charge in [0.2, 0.25) is 0 Å². The molecule has 19 heavy (non-hydrogen) atoms. The van der Waals surface area contributed by atoms with Crippen molar-refractivity contribution in [3.8, 4) is 0 Å². The Bertz CT molecular complexity index is 330. The van der Waals surface area contributed by atoms with Gasteiger partial charge in [-0.3, -0.25) is 0 Å². The fraction of sp³-hybridized carbons (Fsp3) is 0.818. The lowest BCUT2D eigenvalue weighted by Gasteiger charge is -2.34. The molecular weight excluding hydrogens is 265 g/mol. The summed E-state index contributed by atoms with van der Waals surface area (Å²) in [5.74, 6) is -1.18. The van der Waals surface area contributed by atoms with Crippen LogP contribution in [0.3, 0.4) is 0 Å². The van der Waals surface area contributed by atoms with E-state index in [1.54, 1.807) is 6.92 Å². The molecule has 0 saturated heterocycles. The summed E-state index contributed by atoms with van der Waals surface area (Å²) in [6.45, 7) is 4.30. The molecule has 0 heterocycles. The number of hydrogen-bond donors (Lipinski definition) is 2. The van der Waals surface area contributed by atoms with Gasteiger partial charge in [0.15, 0.2) is 0 Å². The zero-order valence-corrected chi connectivity index (χ0v) is 11.2. The fourth-order valence-electron chi connectivity index (χ4n) is 1.49. The van der Waals surface area contributed by atoms with Crippen LogP contribution < -0.4 is 5.32 Å². The molecule has 0 saturated carbocycles. The van der Waals surface area contributed by atoms with Crippen molar-refractivity contribution in [2.75, 3.05) is 13.1 Å². The van der Waals surface area contributed by atoms with Gasteiger partial charge in [0, 0.05) is 19.5 Å². The summed E-state index contributed by atoms with van der Waals surface area (Å²) >= 11 is 0. The Morgan fingerprint density at radius 2 is 1.79 bits per heavy atom. The van der Waals surface area contributed by atoms with E-state index in [1.165, 1.54) is 13.8 Å². The summed E-state index contributed by atoms with van der Waals surface area (Å²) < 4.78 is 35.7. The van der Waals surface area contributed by atoms with Crippen molar-refractivity contribution >= 4 is 12.0 Å². The quantitative estimate of drug-likeness (QED) is 0.735. The maximum atomic E-state index is 11.9. The highest BCUT2D eigenvalue weighted by Gasteiger charge is 2.36. The predicted molar refractivity (Wildman–Crippen MR) is 62.8 cm³/mol. The van der Waals surface area contributed by atoms with Gasteiger partial charge in [0.1, 0.15) is 5.54 Å². The third kappa shape index (κ3) is 5.80. The van der Waals surface area contributed by atoms with Gasteiger partial charge in [0.25, 0.3) is 0 Å². The topological polar surface area (TPSA) is 69.6 Å². The summed E-state index contributed by atoms with van der Waals surface area (Å²) in [5.41, 5.74) is -1.41. The number of rotatable bonds is 6. The summed E-state index contributed by atoms with van der Waals surface area (Å²) in [4.78, 5) is 23.8. The van der Waals surface area contributed by atoms with E-state index in [0.29, 0.717) is 0 Å². The fourth-order valence-corrected chi connectivity index (χ4v) is 1.49. The predicted octanol–water partition coefficient (Wildman–Crippen LogP) is 2.22. The molecule has 0 aliphatic rings. The van der Waals surface area contributed by atoms with Gasteiger partial charge in [-0.1, -0.05) is 0 Å². The first-order chi connectivity index (χ1) is 8.52. The van der Waals surface area contributed by atoms with Crippen molar-refractivity contribution in [2.45, 2.75) is 45.3 Å². The number of carbonyl (C=O) groups excluding carboxylic acids is 1. The molecule has 0 fully saturated rings. The average molecular weight is 284 g/mol. The SMILES string of the molecule is CCN(C(=O)NCCCC(F)(F)F)C(C)(C)C(=O)O. The Morgan fingerprint density at radius 1 is 1.26 bits per heavy atom. The standard InChI is InChI=1S/C11H19F3N2O3/c1-4-16(10(2,3)8(17)18)9(19)15-7-5-6-11(12,13)14/h4-7H2,1-3H3,(H,15,19)(H,17,18). The highest BCUT2D eigenvalue weighted by Crippen LogP contribution is 2.20. The normalized spacial score (nSPS) is 12.1. The average Bonchev–Trinajstić information content (AvgIpc) is 2.23. The van der Waals surface area contributed by atoms with Gasteiger partial charge in [-0.15, -0.1) is 0 Å². The van der Waals surface area contributed by atoms with Gasteiger partial charge in [-0.25, -0.2) is 9.59 Å². The Kier molecular flexibility index (Phi) is 6.11. The number of aliphatic carboxylic acids is 1. The molecule has 0 aliphatic heterocycles.